The molecule has 0 spiro atoms. The fourth-order valence-electron chi connectivity index (χ4n) is 1.75. The Morgan fingerprint density at radius 3 is 2.79 bits per heavy atom. The monoisotopic (exact) mass is 259 g/mol. The molecule has 1 aromatic heterocycles. The van der Waals surface area contributed by atoms with Gasteiger partial charge in [-0.15, -0.1) is 0 Å². The summed E-state index contributed by atoms with van der Waals surface area (Å²) in [5.41, 5.74) is 8.50. The molecule has 1 heterocycles. The molecule has 5 heteroatoms. The van der Waals surface area contributed by atoms with Gasteiger partial charge in [-0.05, 0) is 23.8 Å². The van der Waals surface area contributed by atoms with Gasteiger partial charge in [0.25, 0.3) is 0 Å². The van der Waals surface area contributed by atoms with E-state index in [9.17, 15) is 0 Å². The number of nitrogen functional groups attached to an aromatic ring is 1. The van der Waals surface area contributed by atoms with Crippen LogP contribution in [-0.2, 0) is 6.54 Å². The molecule has 0 radical (unpaired) electrons. The van der Waals surface area contributed by atoms with Crippen molar-refractivity contribution in [1.82, 2.24) is 4.98 Å². The Hall–Kier alpha value is -2.43. The zero-order valence-electron chi connectivity index (χ0n) is 11.0. The van der Waals surface area contributed by atoms with Crippen molar-refractivity contribution >= 4 is 11.4 Å². The van der Waals surface area contributed by atoms with Crippen LogP contribution in [0.15, 0.2) is 36.5 Å². The topological polar surface area (TPSA) is 69.4 Å². The zero-order valence-corrected chi connectivity index (χ0v) is 11.0. The molecule has 100 valence electrons. The maximum absolute atomic E-state index is 5.99. The Morgan fingerprint density at radius 1 is 1.21 bits per heavy atom. The lowest BCUT2D eigenvalue weighted by Crippen LogP contribution is -2.04. The van der Waals surface area contributed by atoms with Crippen LogP contribution >= 0.6 is 0 Å². The number of hydrogen-bond acceptors (Lipinski definition) is 5. The first-order chi connectivity index (χ1) is 9.24. The van der Waals surface area contributed by atoms with Gasteiger partial charge in [0.05, 0.1) is 25.6 Å². The highest BCUT2D eigenvalue weighted by Gasteiger charge is 2.05. The summed E-state index contributed by atoms with van der Waals surface area (Å²) in [5.74, 6) is 1.26. The highest BCUT2D eigenvalue weighted by molar-refractivity contribution is 5.72. The summed E-state index contributed by atoms with van der Waals surface area (Å²) in [6, 6.07) is 9.44. The van der Waals surface area contributed by atoms with Gasteiger partial charge in [0, 0.05) is 18.8 Å². The first kappa shape index (κ1) is 13.0. The van der Waals surface area contributed by atoms with Gasteiger partial charge in [0.2, 0.25) is 5.88 Å². The predicted molar refractivity (Wildman–Crippen MR) is 75.5 cm³/mol. The van der Waals surface area contributed by atoms with Crippen LogP contribution in [0.1, 0.15) is 5.56 Å². The molecule has 19 heavy (non-hydrogen) atoms. The molecule has 0 saturated carbocycles. The van der Waals surface area contributed by atoms with Gasteiger partial charge in [0.1, 0.15) is 5.75 Å². The minimum atomic E-state index is 0.595. The second-order valence-corrected chi connectivity index (χ2v) is 3.98. The Kier molecular flexibility index (Phi) is 4.07. The van der Waals surface area contributed by atoms with E-state index >= 15 is 0 Å². The molecule has 5 nitrogen and oxygen atoms in total. The van der Waals surface area contributed by atoms with E-state index in [1.165, 1.54) is 0 Å². The van der Waals surface area contributed by atoms with Crippen LogP contribution in [0.2, 0.25) is 0 Å². The van der Waals surface area contributed by atoms with Crippen molar-refractivity contribution in [3.8, 4) is 11.6 Å². The summed E-state index contributed by atoms with van der Waals surface area (Å²) in [4.78, 5) is 4.06. The van der Waals surface area contributed by atoms with Crippen molar-refractivity contribution < 1.29 is 9.47 Å². The van der Waals surface area contributed by atoms with Crippen molar-refractivity contribution in [3.05, 3.63) is 42.1 Å². The molecule has 0 saturated heterocycles. The number of para-hydroxylation sites is 1. The summed E-state index contributed by atoms with van der Waals surface area (Å²) in [5, 5.41) is 3.27. The van der Waals surface area contributed by atoms with E-state index < -0.39 is 0 Å². The third kappa shape index (κ3) is 3.07. The van der Waals surface area contributed by atoms with Gasteiger partial charge >= 0.3 is 0 Å². The van der Waals surface area contributed by atoms with Crippen LogP contribution in [0.25, 0.3) is 0 Å². The SMILES string of the molecule is COc1cc(CNc2cccc(OC)c2N)ccn1. The first-order valence-corrected chi connectivity index (χ1v) is 5.90. The number of rotatable bonds is 5. The van der Waals surface area contributed by atoms with Crippen LogP contribution in [0.3, 0.4) is 0 Å². The van der Waals surface area contributed by atoms with Crippen molar-refractivity contribution in [1.29, 1.82) is 0 Å². The van der Waals surface area contributed by atoms with E-state index in [0.29, 0.717) is 23.9 Å². The molecule has 0 atom stereocenters. The minimum Gasteiger partial charge on any atom is -0.495 e. The van der Waals surface area contributed by atoms with E-state index in [0.717, 1.165) is 11.3 Å². The summed E-state index contributed by atoms with van der Waals surface area (Å²) in [6.07, 6.45) is 1.71. The van der Waals surface area contributed by atoms with Crippen LogP contribution < -0.4 is 20.5 Å². The van der Waals surface area contributed by atoms with Gasteiger partial charge in [-0.1, -0.05) is 6.07 Å². The van der Waals surface area contributed by atoms with Crippen molar-refractivity contribution in [3.63, 3.8) is 0 Å². The number of nitrogens with two attached hydrogens (primary N) is 1. The molecule has 3 N–H and O–H groups in total. The molecule has 2 rings (SSSR count). The van der Waals surface area contributed by atoms with Crippen molar-refractivity contribution in [2.75, 3.05) is 25.3 Å². The Morgan fingerprint density at radius 2 is 2.05 bits per heavy atom. The van der Waals surface area contributed by atoms with Crippen LogP contribution in [0, 0.1) is 0 Å². The number of methoxy groups -OCH3 is 2. The minimum absolute atomic E-state index is 0.595. The van der Waals surface area contributed by atoms with E-state index in [1.807, 2.05) is 30.3 Å². The summed E-state index contributed by atoms with van der Waals surface area (Å²) in [7, 11) is 3.20. The average molecular weight is 259 g/mol. The van der Waals surface area contributed by atoms with Crippen LogP contribution in [0.5, 0.6) is 11.6 Å². The van der Waals surface area contributed by atoms with Gasteiger partial charge < -0.3 is 20.5 Å². The normalized spacial score (nSPS) is 10.0. The lowest BCUT2D eigenvalue weighted by atomic mass is 10.2. The molecule has 0 aliphatic rings. The third-order valence-corrected chi connectivity index (χ3v) is 2.78. The molecular formula is C14H17N3O2. The maximum atomic E-state index is 5.99. The fraction of sp³-hybridized carbons (Fsp3) is 0.214. The molecule has 1 aromatic carbocycles. The number of anilines is 2. The molecule has 0 amide bonds. The van der Waals surface area contributed by atoms with Gasteiger partial charge in [-0.25, -0.2) is 4.98 Å². The smallest absolute Gasteiger partial charge is 0.213 e. The largest absolute Gasteiger partial charge is 0.495 e. The Balaban J connectivity index is 2.10. The standard InChI is InChI=1S/C14H17N3O2/c1-18-12-5-3-4-11(14(12)15)17-9-10-6-7-16-13(8-10)19-2/h3-8,17H,9,15H2,1-2H3. The number of nitrogens with one attached hydrogen (secondary N) is 1. The number of aromatic nitrogens is 1. The van der Waals surface area contributed by atoms with E-state index in [-0.39, 0.29) is 0 Å². The molecule has 0 bridgehead atoms. The number of benzene rings is 1. The fourth-order valence-corrected chi connectivity index (χ4v) is 1.75. The van der Waals surface area contributed by atoms with Gasteiger partial charge in [0.15, 0.2) is 0 Å². The first-order valence-electron chi connectivity index (χ1n) is 5.90. The molecule has 0 unspecified atom stereocenters. The van der Waals surface area contributed by atoms with E-state index in [4.69, 9.17) is 15.2 Å². The van der Waals surface area contributed by atoms with Gasteiger partial charge in [-0.2, -0.15) is 0 Å². The highest BCUT2D eigenvalue weighted by Crippen LogP contribution is 2.29. The van der Waals surface area contributed by atoms with Crippen LogP contribution in [0.4, 0.5) is 11.4 Å². The number of hydrogen-bond donors (Lipinski definition) is 2. The summed E-state index contributed by atoms with van der Waals surface area (Å²) >= 11 is 0. The highest BCUT2D eigenvalue weighted by atomic mass is 16.5. The van der Waals surface area contributed by atoms with Crippen molar-refractivity contribution in [2.24, 2.45) is 0 Å². The molecule has 0 aliphatic heterocycles. The maximum Gasteiger partial charge on any atom is 0.213 e. The van der Waals surface area contributed by atoms with Crippen LogP contribution in [-0.4, -0.2) is 19.2 Å². The zero-order chi connectivity index (χ0) is 13.7. The quantitative estimate of drug-likeness (QED) is 0.806. The summed E-state index contributed by atoms with van der Waals surface area (Å²) in [6.45, 7) is 0.635. The number of pyridine rings is 1. The number of ether oxygens (including phenoxy) is 2. The molecule has 0 fully saturated rings. The average Bonchev–Trinajstić information content (AvgIpc) is 2.46. The van der Waals surface area contributed by atoms with E-state index in [2.05, 4.69) is 10.3 Å². The van der Waals surface area contributed by atoms with Gasteiger partial charge in [-0.3, -0.25) is 0 Å². The molecular weight excluding hydrogens is 242 g/mol. The lowest BCUT2D eigenvalue weighted by Gasteiger charge is -2.12. The second-order valence-electron chi connectivity index (χ2n) is 3.98. The second kappa shape index (κ2) is 5.95. The molecule has 2 aromatic rings. The number of nitrogens with zero attached hydrogens (tertiary/aromatic N) is 1. The summed E-state index contributed by atoms with van der Waals surface area (Å²) < 4.78 is 10.3. The van der Waals surface area contributed by atoms with E-state index in [1.54, 1.807) is 20.4 Å². The lowest BCUT2D eigenvalue weighted by molar-refractivity contribution is 0.397. The predicted octanol–water partition coefficient (Wildman–Crippen LogP) is 2.29. The Labute approximate surface area is 112 Å². The molecule has 0 aliphatic carbocycles. The third-order valence-electron chi connectivity index (χ3n) is 2.78. The van der Waals surface area contributed by atoms with Crippen molar-refractivity contribution in [2.45, 2.75) is 6.54 Å². The Bertz CT molecular complexity index is 558.